The van der Waals surface area contributed by atoms with Crippen molar-refractivity contribution in [1.29, 1.82) is 0 Å². The SMILES string of the molecule is CCc1cc(CO)cc(Oc2ccc(F)c(Cl)c2)n1. The van der Waals surface area contributed by atoms with Crippen molar-refractivity contribution in [3.05, 3.63) is 52.4 Å². The Labute approximate surface area is 115 Å². The maximum Gasteiger partial charge on any atom is 0.219 e. The monoisotopic (exact) mass is 281 g/mol. The molecule has 1 aromatic carbocycles. The first-order valence-electron chi connectivity index (χ1n) is 5.86. The van der Waals surface area contributed by atoms with E-state index in [9.17, 15) is 9.50 Å². The standard InChI is InChI=1S/C14H13ClFNO2/c1-2-10-5-9(8-18)6-14(17-10)19-11-3-4-13(16)12(15)7-11/h3-7,18H,2,8H2,1H3. The lowest BCUT2D eigenvalue weighted by atomic mass is 10.2. The normalized spacial score (nSPS) is 10.5. The molecule has 0 fully saturated rings. The number of benzene rings is 1. The molecule has 0 aliphatic heterocycles. The lowest BCUT2D eigenvalue weighted by Gasteiger charge is -2.08. The molecule has 0 amide bonds. The van der Waals surface area contributed by atoms with Crippen LogP contribution in [-0.2, 0) is 13.0 Å². The van der Waals surface area contributed by atoms with Crippen LogP contribution >= 0.6 is 11.6 Å². The minimum absolute atomic E-state index is 0.00784. The van der Waals surface area contributed by atoms with E-state index in [1.54, 1.807) is 6.07 Å². The Morgan fingerprint density at radius 1 is 1.32 bits per heavy atom. The molecule has 0 bridgehead atoms. The Hall–Kier alpha value is -1.65. The van der Waals surface area contributed by atoms with Crippen LogP contribution < -0.4 is 4.74 Å². The predicted molar refractivity (Wildman–Crippen MR) is 71.0 cm³/mol. The van der Waals surface area contributed by atoms with E-state index < -0.39 is 5.82 Å². The van der Waals surface area contributed by atoms with Gasteiger partial charge in [-0.25, -0.2) is 9.37 Å². The number of hydrogen-bond acceptors (Lipinski definition) is 3. The van der Waals surface area contributed by atoms with Crippen LogP contribution in [-0.4, -0.2) is 10.1 Å². The number of ether oxygens (including phenoxy) is 1. The molecule has 1 heterocycles. The van der Waals surface area contributed by atoms with Gasteiger partial charge in [-0.2, -0.15) is 0 Å². The highest BCUT2D eigenvalue weighted by Crippen LogP contribution is 2.26. The highest BCUT2D eigenvalue weighted by Gasteiger charge is 2.06. The highest BCUT2D eigenvalue weighted by molar-refractivity contribution is 6.30. The quantitative estimate of drug-likeness (QED) is 0.929. The van der Waals surface area contributed by atoms with Crippen LogP contribution in [0.2, 0.25) is 5.02 Å². The first-order valence-corrected chi connectivity index (χ1v) is 6.23. The van der Waals surface area contributed by atoms with Crippen molar-refractivity contribution in [2.24, 2.45) is 0 Å². The third-order valence-corrected chi connectivity index (χ3v) is 2.86. The van der Waals surface area contributed by atoms with Gasteiger partial charge in [-0.05, 0) is 30.2 Å². The number of pyridine rings is 1. The molecular formula is C14H13ClFNO2. The number of aliphatic hydroxyl groups excluding tert-OH is 1. The van der Waals surface area contributed by atoms with E-state index in [0.29, 0.717) is 11.6 Å². The van der Waals surface area contributed by atoms with Gasteiger partial charge in [-0.3, -0.25) is 0 Å². The van der Waals surface area contributed by atoms with Gasteiger partial charge in [0.2, 0.25) is 5.88 Å². The predicted octanol–water partition coefficient (Wildman–Crippen LogP) is 3.72. The molecule has 0 spiro atoms. The third kappa shape index (κ3) is 3.43. The summed E-state index contributed by atoms with van der Waals surface area (Å²) in [4.78, 5) is 4.28. The number of hydrogen-bond donors (Lipinski definition) is 1. The first kappa shape index (κ1) is 13.8. The third-order valence-electron chi connectivity index (χ3n) is 2.57. The topological polar surface area (TPSA) is 42.4 Å². The fourth-order valence-corrected chi connectivity index (χ4v) is 1.78. The van der Waals surface area contributed by atoms with Crippen molar-refractivity contribution in [2.45, 2.75) is 20.0 Å². The summed E-state index contributed by atoms with van der Waals surface area (Å²) in [6.07, 6.45) is 0.731. The second kappa shape index (κ2) is 5.99. The molecule has 0 atom stereocenters. The summed E-state index contributed by atoms with van der Waals surface area (Å²) < 4.78 is 18.6. The van der Waals surface area contributed by atoms with Crippen molar-refractivity contribution in [3.63, 3.8) is 0 Å². The summed E-state index contributed by atoms with van der Waals surface area (Å²) in [6, 6.07) is 7.53. The van der Waals surface area contributed by atoms with Crippen molar-refractivity contribution < 1.29 is 14.2 Å². The minimum Gasteiger partial charge on any atom is -0.439 e. The molecule has 0 unspecified atom stereocenters. The number of nitrogens with zero attached hydrogens (tertiary/aromatic N) is 1. The molecule has 0 saturated heterocycles. The average molecular weight is 282 g/mol. The minimum atomic E-state index is -0.500. The summed E-state index contributed by atoms with van der Waals surface area (Å²) >= 11 is 5.68. The molecule has 0 radical (unpaired) electrons. The van der Waals surface area contributed by atoms with E-state index in [2.05, 4.69) is 4.98 Å². The van der Waals surface area contributed by atoms with Crippen molar-refractivity contribution >= 4 is 11.6 Å². The molecule has 3 nitrogen and oxygen atoms in total. The number of halogens is 2. The molecule has 100 valence electrons. The molecule has 1 aromatic heterocycles. The zero-order valence-corrected chi connectivity index (χ0v) is 11.1. The smallest absolute Gasteiger partial charge is 0.219 e. The summed E-state index contributed by atoms with van der Waals surface area (Å²) in [7, 11) is 0. The molecule has 0 aliphatic carbocycles. The van der Waals surface area contributed by atoms with Crippen molar-refractivity contribution in [2.75, 3.05) is 0 Å². The summed E-state index contributed by atoms with van der Waals surface area (Å²) in [6.45, 7) is 1.87. The van der Waals surface area contributed by atoms with Gasteiger partial charge in [-0.15, -0.1) is 0 Å². The molecule has 5 heteroatoms. The van der Waals surface area contributed by atoms with Crippen LogP contribution in [0.3, 0.4) is 0 Å². The van der Waals surface area contributed by atoms with Crippen LogP contribution in [0, 0.1) is 5.82 Å². The van der Waals surface area contributed by atoms with Gasteiger partial charge in [0.05, 0.1) is 11.6 Å². The van der Waals surface area contributed by atoms with Crippen molar-refractivity contribution in [3.8, 4) is 11.6 Å². The van der Waals surface area contributed by atoms with Crippen LogP contribution in [0.25, 0.3) is 0 Å². The van der Waals surface area contributed by atoms with Gasteiger partial charge in [0.25, 0.3) is 0 Å². The average Bonchev–Trinajstić information content (AvgIpc) is 2.42. The molecular weight excluding hydrogens is 269 g/mol. The Morgan fingerprint density at radius 3 is 2.74 bits per heavy atom. The van der Waals surface area contributed by atoms with Crippen molar-refractivity contribution in [1.82, 2.24) is 4.98 Å². The molecule has 1 N–H and O–H groups in total. The van der Waals surface area contributed by atoms with E-state index in [0.717, 1.165) is 17.7 Å². The second-order valence-corrected chi connectivity index (χ2v) is 4.40. The van der Waals surface area contributed by atoms with E-state index in [-0.39, 0.29) is 11.6 Å². The largest absolute Gasteiger partial charge is 0.439 e. The number of rotatable bonds is 4. The van der Waals surface area contributed by atoms with E-state index in [4.69, 9.17) is 16.3 Å². The van der Waals surface area contributed by atoms with Crippen LogP contribution in [0.15, 0.2) is 30.3 Å². The highest BCUT2D eigenvalue weighted by atomic mass is 35.5. The van der Waals surface area contributed by atoms with Gasteiger partial charge >= 0.3 is 0 Å². The number of aryl methyl sites for hydroxylation is 1. The number of aliphatic hydroxyl groups is 1. The molecule has 2 aromatic rings. The summed E-state index contributed by atoms with van der Waals surface area (Å²) in [5, 5.41) is 9.17. The lowest BCUT2D eigenvalue weighted by Crippen LogP contribution is -1.96. The van der Waals surface area contributed by atoms with Gasteiger partial charge in [0, 0.05) is 17.8 Å². The van der Waals surface area contributed by atoms with E-state index in [1.807, 2.05) is 13.0 Å². The number of aromatic nitrogens is 1. The van der Waals surface area contributed by atoms with Gasteiger partial charge in [0.1, 0.15) is 11.6 Å². The van der Waals surface area contributed by atoms with Gasteiger partial charge in [0.15, 0.2) is 0 Å². The second-order valence-electron chi connectivity index (χ2n) is 3.99. The Kier molecular flexibility index (Phi) is 4.35. The molecule has 0 aliphatic rings. The zero-order chi connectivity index (χ0) is 13.8. The Morgan fingerprint density at radius 2 is 2.11 bits per heavy atom. The van der Waals surface area contributed by atoms with E-state index in [1.165, 1.54) is 18.2 Å². The molecule has 2 rings (SSSR count). The zero-order valence-electron chi connectivity index (χ0n) is 10.4. The molecule has 19 heavy (non-hydrogen) atoms. The van der Waals surface area contributed by atoms with Gasteiger partial charge < -0.3 is 9.84 Å². The van der Waals surface area contributed by atoms with Crippen LogP contribution in [0.4, 0.5) is 4.39 Å². The lowest BCUT2D eigenvalue weighted by molar-refractivity contribution is 0.281. The summed E-state index contributed by atoms with van der Waals surface area (Å²) in [5.74, 6) is 0.252. The van der Waals surface area contributed by atoms with Gasteiger partial charge in [-0.1, -0.05) is 18.5 Å². The van der Waals surface area contributed by atoms with Crippen LogP contribution in [0.1, 0.15) is 18.2 Å². The molecule has 0 saturated carbocycles. The maximum absolute atomic E-state index is 13.0. The fraction of sp³-hybridized carbons (Fsp3) is 0.214. The summed E-state index contributed by atoms with van der Waals surface area (Å²) in [5.41, 5.74) is 1.53. The Bertz CT molecular complexity index is 567. The first-order chi connectivity index (χ1) is 9.12. The fourth-order valence-electron chi connectivity index (χ4n) is 1.61. The van der Waals surface area contributed by atoms with Crippen LogP contribution in [0.5, 0.6) is 11.6 Å². The van der Waals surface area contributed by atoms with E-state index >= 15 is 0 Å². The Balaban J connectivity index is 2.29. The maximum atomic E-state index is 13.0.